The van der Waals surface area contributed by atoms with Crippen LogP contribution in [0.1, 0.15) is 20.8 Å². The van der Waals surface area contributed by atoms with E-state index in [-0.39, 0.29) is 22.9 Å². The van der Waals surface area contributed by atoms with Crippen molar-refractivity contribution in [3.63, 3.8) is 0 Å². The number of aromatic hydroxyl groups is 1. The minimum absolute atomic E-state index is 0.0774. The summed E-state index contributed by atoms with van der Waals surface area (Å²) in [5.41, 5.74) is 1.99. The maximum Gasteiger partial charge on any atom is 0.340 e. The number of hydrogen-bond donors (Lipinski definition) is 1. The van der Waals surface area contributed by atoms with Crippen LogP contribution in [0.25, 0.3) is 0 Å². The van der Waals surface area contributed by atoms with Gasteiger partial charge in [0.05, 0.1) is 18.4 Å². The van der Waals surface area contributed by atoms with Gasteiger partial charge in [0, 0.05) is 51.2 Å². The van der Waals surface area contributed by atoms with Crippen LogP contribution in [0.4, 0.5) is 11.4 Å². The molecule has 1 N–H and O–H groups in total. The first-order valence-corrected chi connectivity index (χ1v) is 11.2. The summed E-state index contributed by atoms with van der Waals surface area (Å²) in [5.74, 6) is -1.02. The molecule has 0 saturated carbocycles. The zero-order valence-corrected chi connectivity index (χ0v) is 19.1. The number of carbonyl (C=O) groups is 2. The van der Waals surface area contributed by atoms with Gasteiger partial charge in [-0.3, -0.25) is 14.7 Å². The van der Waals surface area contributed by atoms with Gasteiger partial charge in [0.15, 0.2) is 0 Å². The van der Waals surface area contributed by atoms with E-state index < -0.39 is 5.97 Å². The molecule has 0 aliphatic carbocycles. The zero-order valence-electron chi connectivity index (χ0n) is 19.1. The summed E-state index contributed by atoms with van der Waals surface area (Å²) in [7, 11) is 1.27. The van der Waals surface area contributed by atoms with Gasteiger partial charge >= 0.3 is 5.97 Å². The number of pyridine rings is 1. The summed E-state index contributed by atoms with van der Waals surface area (Å²) in [6.07, 6.45) is 1.56. The lowest BCUT2D eigenvalue weighted by molar-refractivity contribution is 0.0601. The molecular formula is C26H28N4O4. The molecule has 2 heterocycles. The van der Waals surface area contributed by atoms with Crippen molar-refractivity contribution in [2.45, 2.75) is 0 Å². The van der Waals surface area contributed by atoms with E-state index in [9.17, 15) is 14.7 Å². The van der Waals surface area contributed by atoms with Crippen LogP contribution in [-0.2, 0) is 4.74 Å². The fourth-order valence-electron chi connectivity index (χ4n) is 4.10. The van der Waals surface area contributed by atoms with Crippen LogP contribution in [0, 0.1) is 0 Å². The summed E-state index contributed by atoms with van der Waals surface area (Å²) in [6, 6.07) is 19.8. The molecule has 1 aromatic heterocycles. The Kier molecular flexibility index (Phi) is 7.39. The average molecular weight is 461 g/mol. The van der Waals surface area contributed by atoms with E-state index in [1.54, 1.807) is 30.5 Å². The monoisotopic (exact) mass is 460 g/mol. The van der Waals surface area contributed by atoms with E-state index >= 15 is 0 Å². The highest BCUT2D eigenvalue weighted by Gasteiger charge is 2.26. The van der Waals surface area contributed by atoms with E-state index in [2.05, 4.69) is 26.9 Å². The number of hydrogen-bond acceptors (Lipinski definition) is 7. The molecule has 1 aliphatic rings. The minimum atomic E-state index is -0.624. The molecular weight excluding hydrogens is 432 g/mol. The molecule has 8 nitrogen and oxygen atoms in total. The highest BCUT2D eigenvalue weighted by atomic mass is 16.5. The topological polar surface area (TPSA) is 86.2 Å². The Bertz CT molecular complexity index is 1120. The maximum atomic E-state index is 13.4. The average Bonchev–Trinajstić information content (AvgIpc) is 2.90. The van der Waals surface area contributed by atoms with Crippen molar-refractivity contribution < 1.29 is 19.4 Å². The molecule has 0 bridgehead atoms. The van der Waals surface area contributed by atoms with E-state index in [0.717, 1.165) is 26.2 Å². The van der Waals surface area contributed by atoms with E-state index in [1.165, 1.54) is 29.8 Å². The van der Waals surface area contributed by atoms with Crippen LogP contribution < -0.4 is 9.80 Å². The summed E-state index contributed by atoms with van der Waals surface area (Å²) in [5, 5.41) is 9.94. The number of ether oxygens (including phenoxy) is 1. The third-order valence-electron chi connectivity index (χ3n) is 5.94. The molecule has 1 fully saturated rings. The lowest BCUT2D eigenvalue weighted by Gasteiger charge is -2.37. The fourth-order valence-corrected chi connectivity index (χ4v) is 4.10. The number of amides is 1. The molecule has 0 radical (unpaired) electrons. The van der Waals surface area contributed by atoms with Gasteiger partial charge in [-0.25, -0.2) is 4.79 Å². The molecule has 1 aliphatic heterocycles. The predicted octanol–water partition coefficient (Wildman–Crippen LogP) is 3.04. The molecule has 1 saturated heterocycles. The number of rotatable bonds is 7. The zero-order chi connectivity index (χ0) is 23.9. The Morgan fingerprint density at radius 1 is 1.00 bits per heavy atom. The number of para-hydroxylation sites is 1. The molecule has 1 amide bonds. The number of methoxy groups -OCH3 is 1. The molecule has 8 heteroatoms. The SMILES string of the molecule is COC(=O)c1cc(O)ccc1N(CCN1CCN(c2ccccc2)CC1)C(=O)c1ccccn1. The quantitative estimate of drug-likeness (QED) is 0.543. The number of carbonyl (C=O) groups excluding carboxylic acids is 2. The molecule has 34 heavy (non-hydrogen) atoms. The van der Waals surface area contributed by atoms with Crippen LogP contribution in [0.2, 0.25) is 0 Å². The predicted molar refractivity (Wildman–Crippen MR) is 130 cm³/mol. The second-order valence-electron chi connectivity index (χ2n) is 8.03. The van der Waals surface area contributed by atoms with Gasteiger partial charge in [0.25, 0.3) is 5.91 Å². The van der Waals surface area contributed by atoms with Gasteiger partial charge in [0.2, 0.25) is 0 Å². The highest BCUT2D eigenvalue weighted by molar-refractivity contribution is 6.08. The minimum Gasteiger partial charge on any atom is -0.508 e. The second kappa shape index (κ2) is 10.8. The number of nitrogens with zero attached hydrogens (tertiary/aromatic N) is 4. The second-order valence-corrected chi connectivity index (χ2v) is 8.03. The Balaban J connectivity index is 1.52. The summed E-state index contributed by atoms with van der Waals surface area (Å²) >= 11 is 0. The normalized spacial score (nSPS) is 14.0. The largest absolute Gasteiger partial charge is 0.508 e. The van der Waals surface area contributed by atoms with Gasteiger partial charge in [-0.15, -0.1) is 0 Å². The van der Waals surface area contributed by atoms with Crippen LogP contribution in [0.15, 0.2) is 72.9 Å². The standard InChI is InChI=1S/C26H28N4O4/c1-34-26(33)22-19-21(31)10-11-24(22)30(25(32)23-9-5-6-12-27-23)18-15-28-13-16-29(17-14-28)20-7-3-2-4-8-20/h2-12,19,31H,13-18H2,1H3. The first-order chi connectivity index (χ1) is 16.6. The van der Waals surface area contributed by atoms with Crippen molar-refractivity contribution in [3.05, 3.63) is 84.2 Å². The number of phenolic OH excluding ortho intramolecular Hbond substituents is 1. The summed E-state index contributed by atoms with van der Waals surface area (Å²) in [4.78, 5) is 36.2. The fraction of sp³-hybridized carbons (Fsp3) is 0.269. The van der Waals surface area contributed by atoms with Crippen molar-refractivity contribution in [1.82, 2.24) is 9.88 Å². The lowest BCUT2D eigenvalue weighted by Crippen LogP contribution is -2.49. The van der Waals surface area contributed by atoms with Gasteiger partial charge in [0.1, 0.15) is 11.4 Å². The molecule has 0 spiro atoms. The van der Waals surface area contributed by atoms with Crippen molar-refractivity contribution in [2.75, 3.05) is 56.2 Å². The Labute approximate surface area is 199 Å². The lowest BCUT2D eigenvalue weighted by atomic mass is 10.1. The van der Waals surface area contributed by atoms with Gasteiger partial charge in [-0.1, -0.05) is 24.3 Å². The third kappa shape index (κ3) is 5.35. The first-order valence-electron chi connectivity index (χ1n) is 11.2. The van der Waals surface area contributed by atoms with Gasteiger partial charge in [-0.05, 0) is 42.5 Å². The molecule has 176 valence electrons. The number of anilines is 2. The number of phenols is 1. The van der Waals surface area contributed by atoms with Crippen LogP contribution in [0.5, 0.6) is 5.75 Å². The van der Waals surface area contributed by atoms with E-state index in [0.29, 0.717) is 18.8 Å². The van der Waals surface area contributed by atoms with Crippen molar-refractivity contribution in [1.29, 1.82) is 0 Å². The molecule has 3 aromatic rings. The molecule has 0 unspecified atom stereocenters. The smallest absolute Gasteiger partial charge is 0.340 e. The summed E-state index contributed by atoms with van der Waals surface area (Å²) in [6.45, 7) is 4.49. The van der Waals surface area contributed by atoms with E-state index in [4.69, 9.17) is 4.74 Å². The van der Waals surface area contributed by atoms with Crippen molar-refractivity contribution >= 4 is 23.3 Å². The molecule has 2 aromatic carbocycles. The van der Waals surface area contributed by atoms with Crippen molar-refractivity contribution in [3.8, 4) is 5.75 Å². The number of esters is 1. The van der Waals surface area contributed by atoms with Crippen LogP contribution in [-0.4, -0.2) is 73.2 Å². The van der Waals surface area contributed by atoms with Gasteiger partial charge < -0.3 is 19.6 Å². The maximum absolute atomic E-state index is 13.4. The first kappa shape index (κ1) is 23.3. The van der Waals surface area contributed by atoms with Gasteiger partial charge in [-0.2, -0.15) is 0 Å². The summed E-state index contributed by atoms with van der Waals surface area (Å²) < 4.78 is 4.90. The number of benzene rings is 2. The highest BCUT2D eigenvalue weighted by Crippen LogP contribution is 2.27. The Morgan fingerprint density at radius 3 is 2.41 bits per heavy atom. The van der Waals surface area contributed by atoms with E-state index in [1.807, 2.05) is 18.2 Å². The molecule has 0 atom stereocenters. The van der Waals surface area contributed by atoms with Crippen LogP contribution in [0.3, 0.4) is 0 Å². The Hall–Kier alpha value is -3.91. The van der Waals surface area contributed by atoms with Crippen molar-refractivity contribution in [2.24, 2.45) is 0 Å². The molecule has 4 rings (SSSR count). The number of aromatic nitrogens is 1. The third-order valence-corrected chi connectivity index (χ3v) is 5.94. The number of piperazine rings is 1. The Morgan fingerprint density at radius 2 is 1.74 bits per heavy atom. The van der Waals surface area contributed by atoms with Crippen LogP contribution >= 0.6 is 0 Å².